The Hall–Kier alpha value is -1.11. The van der Waals surface area contributed by atoms with Gasteiger partial charge in [-0.3, -0.25) is 4.98 Å². The van der Waals surface area contributed by atoms with E-state index in [-0.39, 0.29) is 0 Å². The highest BCUT2D eigenvalue weighted by atomic mass is 14.7. The van der Waals surface area contributed by atoms with Crippen molar-refractivity contribution in [2.45, 2.75) is 33.1 Å². The summed E-state index contributed by atoms with van der Waals surface area (Å²) in [6.45, 7) is 4.25. The molecular weight excluding hydrogens is 158 g/mol. The number of nitrogens with zero attached hydrogens (tertiary/aromatic N) is 1. The van der Waals surface area contributed by atoms with Crippen LogP contribution in [0.3, 0.4) is 0 Å². The summed E-state index contributed by atoms with van der Waals surface area (Å²) in [5, 5.41) is 0. The molecule has 0 atom stereocenters. The largest absolute Gasteiger partial charge is 0.257 e. The van der Waals surface area contributed by atoms with Crippen LogP contribution in [0.5, 0.6) is 0 Å². The number of hydrogen-bond acceptors (Lipinski definition) is 1. The lowest BCUT2D eigenvalue weighted by molar-refractivity contribution is 0.964. The van der Waals surface area contributed by atoms with E-state index in [0.29, 0.717) is 0 Å². The SMILES string of the molecule is C1=Cc2ncccc2CC1.CCC. The van der Waals surface area contributed by atoms with Crippen molar-refractivity contribution in [2.24, 2.45) is 0 Å². The molecule has 0 N–H and O–H groups in total. The molecule has 1 aliphatic carbocycles. The summed E-state index contributed by atoms with van der Waals surface area (Å²) >= 11 is 0. The molecule has 1 heterocycles. The van der Waals surface area contributed by atoms with Gasteiger partial charge in [0.1, 0.15) is 0 Å². The van der Waals surface area contributed by atoms with Crippen molar-refractivity contribution in [3.63, 3.8) is 0 Å². The molecule has 70 valence electrons. The van der Waals surface area contributed by atoms with E-state index in [4.69, 9.17) is 0 Å². The molecule has 0 saturated heterocycles. The monoisotopic (exact) mass is 175 g/mol. The minimum Gasteiger partial charge on any atom is -0.257 e. The van der Waals surface area contributed by atoms with Crippen LogP contribution < -0.4 is 0 Å². The molecule has 0 aromatic carbocycles. The van der Waals surface area contributed by atoms with Gasteiger partial charge >= 0.3 is 0 Å². The lowest BCUT2D eigenvalue weighted by Gasteiger charge is -2.06. The zero-order valence-electron chi connectivity index (χ0n) is 8.46. The molecule has 0 bridgehead atoms. The topological polar surface area (TPSA) is 12.9 Å². The Balaban J connectivity index is 0.000000251. The Kier molecular flexibility index (Phi) is 4.24. The molecule has 0 aliphatic heterocycles. The van der Waals surface area contributed by atoms with Crippen molar-refractivity contribution >= 4 is 6.08 Å². The van der Waals surface area contributed by atoms with E-state index in [1.807, 2.05) is 12.3 Å². The Morgan fingerprint density at radius 2 is 2.15 bits per heavy atom. The molecule has 2 rings (SSSR count). The van der Waals surface area contributed by atoms with Gasteiger partial charge in [-0.05, 0) is 30.5 Å². The molecule has 1 aromatic rings. The molecular formula is C12H17N. The van der Waals surface area contributed by atoms with Crippen molar-refractivity contribution in [3.8, 4) is 0 Å². The molecule has 0 unspecified atom stereocenters. The van der Waals surface area contributed by atoms with Crippen LogP contribution in [0.15, 0.2) is 24.4 Å². The van der Waals surface area contributed by atoms with Crippen LogP contribution in [-0.2, 0) is 6.42 Å². The van der Waals surface area contributed by atoms with Gasteiger partial charge in [-0.15, -0.1) is 0 Å². The first-order chi connectivity index (χ1) is 6.38. The maximum absolute atomic E-state index is 4.23. The van der Waals surface area contributed by atoms with Gasteiger partial charge in [0.05, 0.1) is 5.69 Å². The van der Waals surface area contributed by atoms with E-state index in [1.54, 1.807) is 0 Å². The summed E-state index contributed by atoms with van der Waals surface area (Å²) in [4.78, 5) is 4.23. The normalized spacial score (nSPS) is 12.8. The highest BCUT2D eigenvalue weighted by Crippen LogP contribution is 2.15. The smallest absolute Gasteiger partial charge is 0.0658 e. The molecule has 1 heteroatoms. The van der Waals surface area contributed by atoms with Gasteiger partial charge < -0.3 is 0 Å². The third kappa shape index (κ3) is 3.02. The first-order valence-corrected chi connectivity index (χ1v) is 4.99. The fraction of sp³-hybridized carbons (Fsp3) is 0.417. The van der Waals surface area contributed by atoms with E-state index < -0.39 is 0 Å². The highest BCUT2D eigenvalue weighted by molar-refractivity contribution is 5.51. The molecule has 0 fully saturated rings. The third-order valence-electron chi connectivity index (χ3n) is 1.78. The van der Waals surface area contributed by atoms with Gasteiger partial charge in [0.15, 0.2) is 0 Å². The second-order valence-electron chi connectivity index (χ2n) is 3.20. The first-order valence-electron chi connectivity index (χ1n) is 4.99. The van der Waals surface area contributed by atoms with E-state index >= 15 is 0 Å². The number of allylic oxidation sites excluding steroid dienone is 1. The third-order valence-corrected chi connectivity index (χ3v) is 1.78. The molecule has 1 nitrogen and oxygen atoms in total. The summed E-state index contributed by atoms with van der Waals surface area (Å²) < 4.78 is 0. The Morgan fingerprint density at radius 3 is 2.85 bits per heavy atom. The van der Waals surface area contributed by atoms with E-state index in [2.05, 4.69) is 37.0 Å². The second-order valence-corrected chi connectivity index (χ2v) is 3.20. The van der Waals surface area contributed by atoms with Gasteiger partial charge in [0, 0.05) is 6.20 Å². The fourth-order valence-electron chi connectivity index (χ4n) is 1.25. The lowest BCUT2D eigenvalue weighted by atomic mass is 10.0. The van der Waals surface area contributed by atoms with Crippen molar-refractivity contribution in [3.05, 3.63) is 35.7 Å². The summed E-state index contributed by atoms with van der Waals surface area (Å²) in [7, 11) is 0. The number of hydrogen-bond donors (Lipinski definition) is 0. The quantitative estimate of drug-likeness (QED) is 0.588. The van der Waals surface area contributed by atoms with Gasteiger partial charge in [-0.1, -0.05) is 32.4 Å². The van der Waals surface area contributed by atoms with Crippen LogP contribution in [0, 0.1) is 0 Å². The van der Waals surface area contributed by atoms with Crippen LogP contribution in [0.2, 0.25) is 0 Å². The summed E-state index contributed by atoms with van der Waals surface area (Å²) in [5.41, 5.74) is 2.53. The molecule has 0 spiro atoms. The molecule has 0 amide bonds. The van der Waals surface area contributed by atoms with Crippen LogP contribution in [-0.4, -0.2) is 4.98 Å². The van der Waals surface area contributed by atoms with Crippen LogP contribution in [0.25, 0.3) is 6.08 Å². The van der Waals surface area contributed by atoms with E-state index in [9.17, 15) is 0 Å². The number of pyridine rings is 1. The number of aryl methyl sites for hydroxylation is 1. The molecule has 0 radical (unpaired) electrons. The number of aromatic nitrogens is 1. The zero-order chi connectivity index (χ0) is 9.52. The second kappa shape index (κ2) is 5.52. The predicted octanol–water partition coefficient (Wildman–Crippen LogP) is 3.46. The number of rotatable bonds is 0. The minimum atomic E-state index is 1.15. The van der Waals surface area contributed by atoms with E-state index in [0.717, 1.165) is 12.1 Å². The van der Waals surface area contributed by atoms with Crippen molar-refractivity contribution in [1.29, 1.82) is 0 Å². The summed E-state index contributed by atoms with van der Waals surface area (Å²) in [5.74, 6) is 0. The molecule has 1 aliphatic rings. The minimum absolute atomic E-state index is 1.15. The van der Waals surface area contributed by atoms with Crippen molar-refractivity contribution < 1.29 is 0 Å². The Morgan fingerprint density at radius 1 is 1.38 bits per heavy atom. The van der Waals surface area contributed by atoms with Gasteiger partial charge in [-0.2, -0.15) is 0 Å². The lowest BCUT2D eigenvalue weighted by Crippen LogP contribution is -1.94. The average Bonchev–Trinajstić information content (AvgIpc) is 2.19. The van der Waals surface area contributed by atoms with Crippen molar-refractivity contribution in [1.82, 2.24) is 4.98 Å². The van der Waals surface area contributed by atoms with Crippen LogP contribution >= 0.6 is 0 Å². The summed E-state index contributed by atoms with van der Waals surface area (Å²) in [6, 6.07) is 4.14. The molecule has 1 aromatic heterocycles. The van der Waals surface area contributed by atoms with Crippen LogP contribution in [0.4, 0.5) is 0 Å². The molecule has 0 saturated carbocycles. The van der Waals surface area contributed by atoms with Gasteiger partial charge in [0.25, 0.3) is 0 Å². The maximum Gasteiger partial charge on any atom is 0.0658 e. The highest BCUT2D eigenvalue weighted by Gasteiger charge is 2.01. The van der Waals surface area contributed by atoms with Crippen LogP contribution in [0.1, 0.15) is 37.9 Å². The first kappa shape index (κ1) is 9.97. The average molecular weight is 175 g/mol. The van der Waals surface area contributed by atoms with E-state index in [1.165, 1.54) is 18.4 Å². The maximum atomic E-state index is 4.23. The Bertz CT molecular complexity index is 276. The number of fused-ring (bicyclic) bond motifs is 1. The zero-order valence-corrected chi connectivity index (χ0v) is 8.46. The molecule has 13 heavy (non-hydrogen) atoms. The summed E-state index contributed by atoms with van der Waals surface area (Å²) in [6.07, 6.45) is 9.68. The standard InChI is InChI=1S/C9H9N.C3H8/c1-2-6-9-8(4-1)5-3-7-10-9;1-3-2/h2-3,5-7H,1,4H2;3H2,1-2H3. The predicted molar refractivity (Wildman–Crippen MR) is 57.6 cm³/mol. The van der Waals surface area contributed by atoms with Gasteiger partial charge in [-0.25, -0.2) is 0 Å². The van der Waals surface area contributed by atoms with Gasteiger partial charge in [0.2, 0.25) is 0 Å². The van der Waals surface area contributed by atoms with Crippen molar-refractivity contribution in [2.75, 3.05) is 0 Å². The fourth-order valence-corrected chi connectivity index (χ4v) is 1.25. The Labute approximate surface area is 80.5 Å².